The maximum atomic E-state index is 10.8. The molecule has 2 rings (SSSR count). The molecule has 0 bridgehead atoms. The molecular weight excluding hydrogens is 528 g/mol. The van der Waals surface area contributed by atoms with Crippen molar-refractivity contribution in [2.75, 3.05) is 0 Å². The van der Waals surface area contributed by atoms with E-state index in [1.165, 1.54) is 22.3 Å². The summed E-state index contributed by atoms with van der Waals surface area (Å²) in [5.74, 6) is 0. The molecule has 3 unspecified atom stereocenters. The van der Waals surface area contributed by atoms with Crippen LogP contribution in [0, 0.1) is 10.8 Å². The first kappa shape index (κ1) is 36.3. The summed E-state index contributed by atoms with van der Waals surface area (Å²) in [5.41, 5.74) is 9.98. The van der Waals surface area contributed by atoms with Crippen LogP contribution < -0.4 is 0 Å². The number of hydrogen-bond donors (Lipinski definition) is 3. The van der Waals surface area contributed by atoms with Crippen molar-refractivity contribution in [3.05, 3.63) is 124 Å². The van der Waals surface area contributed by atoms with Gasteiger partial charge in [-0.15, -0.1) is 5.73 Å². The number of allylic oxidation sites excluding steroid dienone is 17. The molecule has 2 aliphatic rings. The van der Waals surface area contributed by atoms with E-state index in [4.69, 9.17) is 0 Å². The average molecular weight is 585 g/mol. The standard InChI is InChI=1S/C40H56O3/c1-29(17-13-19-31(3)21-23-36-33(5)25-34(41)26-38(36,6)7)15-11-12-16-30(2)18-14-20-32(4)22-24-37-39(8,9)27-35(42)28-40(37,10)43/h11-23,34-35,41-43H,25-28H2,1-10H3/b12-11+,17-13+,18-14+,23-21+,29-15+,30-16+,31-19+,32-20+. The number of rotatable bonds is 9. The first-order valence-corrected chi connectivity index (χ1v) is 15.6. The number of hydrogen-bond acceptors (Lipinski definition) is 3. The van der Waals surface area contributed by atoms with Crippen molar-refractivity contribution < 1.29 is 15.3 Å². The molecule has 0 aromatic rings. The van der Waals surface area contributed by atoms with Crippen molar-refractivity contribution in [2.24, 2.45) is 10.8 Å². The minimum atomic E-state index is -1.05. The van der Waals surface area contributed by atoms with Crippen molar-refractivity contribution >= 4 is 0 Å². The molecule has 2 aliphatic carbocycles. The largest absolute Gasteiger partial charge is 0.393 e. The molecule has 1 saturated carbocycles. The lowest BCUT2D eigenvalue weighted by Crippen LogP contribution is -2.45. The van der Waals surface area contributed by atoms with Gasteiger partial charge in [0.05, 0.1) is 17.8 Å². The third kappa shape index (κ3) is 11.9. The van der Waals surface area contributed by atoms with Crippen molar-refractivity contribution in [2.45, 2.75) is 113 Å². The number of aliphatic hydroxyl groups is 3. The molecule has 0 radical (unpaired) electrons. The maximum absolute atomic E-state index is 10.8. The van der Waals surface area contributed by atoms with Gasteiger partial charge in [0.15, 0.2) is 0 Å². The molecule has 0 aromatic heterocycles. The molecule has 1 fully saturated rings. The van der Waals surface area contributed by atoms with Gasteiger partial charge in [-0.2, -0.15) is 0 Å². The Labute approximate surface area is 262 Å². The SMILES string of the molecule is CC1=C(/C=C/C(C)=C/C=C/C(C)=C/C=C/C=C(C)/C=C/C=C(\C)C=C=C2C(C)(C)CC(O)CC2(C)O)C(C)(C)CC(O)C1. The van der Waals surface area contributed by atoms with Crippen molar-refractivity contribution in [1.29, 1.82) is 0 Å². The molecular formula is C40H56O3. The van der Waals surface area contributed by atoms with Gasteiger partial charge in [-0.3, -0.25) is 0 Å². The fraction of sp³-hybridized carbons (Fsp3) is 0.475. The zero-order valence-electron chi connectivity index (χ0n) is 28.3. The fourth-order valence-corrected chi connectivity index (χ4v) is 6.32. The smallest absolute Gasteiger partial charge is 0.0931 e. The van der Waals surface area contributed by atoms with Crippen LogP contribution >= 0.6 is 0 Å². The highest BCUT2D eigenvalue weighted by Gasteiger charge is 2.44. The van der Waals surface area contributed by atoms with Crippen LogP contribution in [-0.2, 0) is 0 Å². The minimum Gasteiger partial charge on any atom is -0.393 e. The lowest BCUT2D eigenvalue weighted by molar-refractivity contribution is -0.0268. The van der Waals surface area contributed by atoms with Crippen LogP contribution in [-0.4, -0.2) is 33.1 Å². The summed E-state index contributed by atoms with van der Waals surface area (Å²) >= 11 is 0. The van der Waals surface area contributed by atoms with Crippen LogP contribution in [0.1, 0.15) is 94.9 Å². The Morgan fingerprint density at radius 2 is 1.16 bits per heavy atom. The average Bonchev–Trinajstić information content (AvgIpc) is 2.83. The Hall–Kier alpha value is -2.94. The van der Waals surface area contributed by atoms with Crippen LogP contribution in [0.2, 0.25) is 0 Å². The van der Waals surface area contributed by atoms with E-state index >= 15 is 0 Å². The molecule has 0 aliphatic heterocycles. The molecule has 0 aromatic carbocycles. The van der Waals surface area contributed by atoms with E-state index in [1.54, 1.807) is 6.92 Å². The first-order valence-electron chi connectivity index (χ1n) is 15.6. The van der Waals surface area contributed by atoms with Gasteiger partial charge in [0.1, 0.15) is 0 Å². The predicted octanol–water partition coefficient (Wildman–Crippen LogP) is 9.51. The highest BCUT2D eigenvalue weighted by molar-refractivity contribution is 5.38. The van der Waals surface area contributed by atoms with Crippen molar-refractivity contribution in [1.82, 2.24) is 0 Å². The van der Waals surface area contributed by atoms with Gasteiger partial charge in [0, 0.05) is 12.0 Å². The van der Waals surface area contributed by atoms with E-state index in [0.717, 1.165) is 29.6 Å². The van der Waals surface area contributed by atoms with E-state index in [9.17, 15) is 15.3 Å². The monoisotopic (exact) mass is 584 g/mol. The van der Waals surface area contributed by atoms with Gasteiger partial charge < -0.3 is 15.3 Å². The fourth-order valence-electron chi connectivity index (χ4n) is 6.32. The molecule has 0 amide bonds. The highest BCUT2D eigenvalue weighted by atomic mass is 16.3. The van der Waals surface area contributed by atoms with Gasteiger partial charge in [0.25, 0.3) is 0 Å². The zero-order chi connectivity index (χ0) is 32.4. The Balaban J connectivity index is 1.95. The summed E-state index contributed by atoms with van der Waals surface area (Å²) in [5, 5.41) is 31.1. The topological polar surface area (TPSA) is 60.7 Å². The van der Waals surface area contributed by atoms with Crippen LogP contribution in [0.3, 0.4) is 0 Å². The molecule has 3 atom stereocenters. The second-order valence-electron chi connectivity index (χ2n) is 14.1. The van der Waals surface area contributed by atoms with Crippen molar-refractivity contribution in [3.8, 4) is 0 Å². The van der Waals surface area contributed by atoms with Crippen molar-refractivity contribution in [3.63, 3.8) is 0 Å². The van der Waals surface area contributed by atoms with Crippen LogP contribution in [0.15, 0.2) is 124 Å². The lowest BCUT2D eigenvalue weighted by atomic mass is 9.65. The third-order valence-corrected chi connectivity index (χ3v) is 8.29. The van der Waals surface area contributed by atoms with E-state index < -0.39 is 11.7 Å². The molecule has 234 valence electrons. The van der Waals surface area contributed by atoms with E-state index in [1.807, 2.05) is 37.3 Å². The quantitative estimate of drug-likeness (QED) is 0.187. The molecule has 0 saturated heterocycles. The Morgan fingerprint density at radius 1 is 0.674 bits per heavy atom. The Bertz CT molecular complexity index is 1320. The summed E-state index contributed by atoms with van der Waals surface area (Å²) in [6, 6.07) is 0. The molecule has 3 heteroatoms. The summed E-state index contributed by atoms with van der Waals surface area (Å²) in [6.45, 7) is 20.7. The summed E-state index contributed by atoms with van der Waals surface area (Å²) in [7, 11) is 0. The Morgan fingerprint density at radius 3 is 1.70 bits per heavy atom. The maximum Gasteiger partial charge on any atom is 0.0931 e. The predicted molar refractivity (Wildman–Crippen MR) is 185 cm³/mol. The van der Waals surface area contributed by atoms with Gasteiger partial charge in [-0.1, -0.05) is 123 Å². The van der Waals surface area contributed by atoms with Gasteiger partial charge in [-0.25, -0.2) is 0 Å². The van der Waals surface area contributed by atoms with E-state index in [2.05, 4.69) is 110 Å². The van der Waals surface area contributed by atoms with Crippen LogP contribution in [0.5, 0.6) is 0 Å². The Kier molecular flexibility index (Phi) is 13.2. The van der Waals surface area contributed by atoms with Gasteiger partial charge in [0.2, 0.25) is 0 Å². The zero-order valence-corrected chi connectivity index (χ0v) is 28.3. The summed E-state index contributed by atoms with van der Waals surface area (Å²) in [6.07, 6.45) is 28.8. The number of aliphatic hydroxyl groups excluding tert-OH is 2. The molecule has 3 nitrogen and oxygen atoms in total. The lowest BCUT2D eigenvalue weighted by Gasteiger charge is -2.43. The molecule has 43 heavy (non-hydrogen) atoms. The second kappa shape index (κ2) is 15.7. The van der Waals surface area contributed by atoms with E-state index in [0.29, 0.717) is 12.8 Å². The first-order chi connectivity index (χ1) is 19.9. The van der Waals surface area contributed by atoms with Gasteiger partial charge in [-0.05, 0) is 88.9 Å². The molecule has 3 N–H and O–H groups in total. The third-order valence-electron chi connectivity index (χ3n) is 8.29. The molecule has 0 heterocycles. The summed E-state index contributed by atoms with van der Waals surface area (Å²) in [4.78, 5) is 0. The second-order valence-corrected chi connectivity index (χ2v) is 14.1. The summed E-state index contributed by atoms with van der Waals surface area (Å²) < 4.78 is 0. The van der Waals surface area contributed by atoms with Crippen LogP contribution in [0.4, 0.5) is 0 Å². The highest BCUT2D eigenvalue weighted by Crippen LogP contribution is 2.45. The molecule has 0 spiro atoms. The van der Waals surface area contributed by atoms with E-state index in [-0.39, 0.29) is 16.9 Å². The minimum absolute atomic E-state index is 0.00390. The normalized spacial score (nSPS) is 27.7. The van der Waals surface area contributed by atoms with Gasteiger partial charge >= 0.3 is 0 Å². The van der Waals surface area contributed by atoms with Crippen LogP contribution in [0.25, 0.3) is 0 Å².